The molecule has 1 atom stereocenters. The van der Waals surface area contributed by atoms with Gasteiger partial charge in [-0.25, -0.2) is 4.79 Å². The van der Waals surface area contributed by atoms with Gasteiger partial charge in [-0.1, -0.05) is 140 Å². The van der Waals surface area contributed by atoms with Gasteiger partial charge >= 0.3 is 17.9 Å². The maximum atomic E-state index is 12.9. The molecule has 0 heterocycles. The lowest BCUT2D eigenvalue weighted by atomic mass is 10.1. The zero-order valence-corrected chi connectivity index (χ0v) is 35.5. The molecule has 0 saturated heterocycles. The first-order chi connectivity index (χ1) is 26.4. The van der Waals surface area contributed by atoms with Crippen LogP contribution in [0.2, 0.25) is 0 Å². The third kappa shape index (κ3) is 39.0. The van der Waals surface area contributed by atoms with Crippen LogP contribution in [0.1, 0.15) is 194 Å². The molecular formula is C47H83NO6. The molecule has 0 aromatic carbocycles. The summed E-state index contributed by atoms with van der Waals surface area (Å²) in [7, 11) is 3.89. The van der Waals surface area contributed by atoms with Gasteiger partial charge in [0.1, 0.15) is 0 Å². The van der Waals surface area contributed by atoms with Crippen molar-refractivity contribution in [2.75, 3.05) is 33.9 Å². The summed E-state index contributed by atoms with van der Waals surface area (Å²) in [6, 6.07) is 0. The number of allylic oxidation sites excluding steroid dienone is 8. The molecule has 54 heavy (non-hydrogen) atoms. The molecule has 0 fully saturated rings. The van der Waals surface area contributed by atoms with Crippen LogP contribution in [0.5, 0.6) is 0 Å². The summed E-state index contributed by atoms with van der Waals surface area (Å²) in [6.45, 7) is 5.89. The van der Waals surface area contributed by atoms with E-state index in [2.05, 4.69) is 62.5 Å². The summed E-state index contributed by atoms with van der Waals surface area (Å²) in [5, 5.41) is 0. The Bertz CT molecular complexity index is 985. The molecule has 7 nitrogen and oxygen atoms in total. The van der Waals surface area contributed by atoms with Crippen molar-refractivity contribution in [1.29, 1.82) is 0 Å². The number of rotatable bonds is 39. The van der Waals surface area contributed by atoms with Crippen LogP contribution in [0, 0.1) is 0 Å². The van der Waals surface area contributed by atoms with E-state index in [1.165, 1.54) is 89.9 Å². The van der Waals surface area contributed by atoms with Crippen LogP contribution >= 0.6 is 0 Å². The maximum Gasteiger partial charge on any atom is 0.347 e. The lowest BCUT2D eigenvalue weighted by Gasteiger charge is -2.17. The molecule has 0 saturated carbocycles. The van der Waals surface area contributed by atoms with Crippen LogP contribution in [-0.4, -0.2) is 62.8 Å². The fourth-order valence-corrected chi connectivity index (χ4v) is 5.94. The van der Waals surface area contributed by atoms with E-state index in [0.29, 0.717) is 19.6 Å². The number of carbonyl (C=O) groups is 3. The van der Waals surface area contributed by atoms with Crippen LogP contribution in [0.4, 0.5) is 0 Å². The quantitative estimate of drug-likeness (QED) is 0.0267. The minimum absolute atomic E-state index is 0.0118. The minimum atomic E-state index is -1.09. The summed E-state index contributed by atoms with van der Waals surface area (Å²) < 4.78 is 16.4. The summed E-state index contributed by atoms with van der Waals surface area (Å²) in [6.07, 6.45) is 45.7. The minimum Gasteiger partial charge on any atom is -0.466 e. The fourth-order valence-electron chi connectivity index (χ4n) is 5.94. The van der Waals surface area contributed by atoms with Gasteiger partial charge in [0.05, 0.1) is 13.2 Å². The van der Waals surface area contributed by atoms with Crippen molar-refractivity contribution >= 4 is 17.9 Å². The molecule has 0 radical (unpaired) electrons. The molecule has 1 unspecified atom stereocenters. The highest BCUT2D eigenvalue weighted by molar-refractivity contribution is 5.80. The SMILES string of the molecule is CCCCC/C=C\C/C=C\CCCCCCCCOC(=O)CCC(OC(=O)CCCN(C)C)C(=O)OCCCCCCCC/C=C\C/C=C\CCCCC. The first-order valence-electron chi connectivity index (χ1n) is 22.2. The van der Waals surface area contributed by atoms with E-state index >= 15 is 0 Å². The van der Waals surface area contributed by atoms with Gasteiger partial charge in [-0.15, -0.1) is 0 Å². The number of ether oxygens (including phenoxy) is 3. The van der Waals surface area contributed by atoms with Gasteiger partial charge in [0, 0.05) is 19.3 Å². The first kappa shape index (κ1) is 51.3. The Morgan fingerprint density at radius 2 is 0.907 bits per heavy atom. The number of nitrogens with zero attached hydrogens (tertiary/aromatic N) is 1. The lowest BCUT2D eigenvalue weighted by molar-refractivity contribution is -0.169. The van der Waals surface area contributed by atoms with Crippen molar-refractivity contribution in [3.05, 3.63) is 48.6 Å². The van der Waals surface area contributed by atoms with Gasteiger partial charge in [-0.2, -0.15) is 0 Å². The van der Waals surface area contributed by atoms with Crippen molar-refractivity contribution in [1.82, 2.24) is 4.90 Å². The number of hydrogen-bond donors (Lipinski definition) is 0. The molecule has 312 valence electrons. The van der Waals surface area contributed by atoms with Gasteiger partial charge in [-0.3, -0.25) is 9.59 Å². The van der Waals surface area contributed by atoms with E-state index in [-0.39, 0.29) is 25.2 Å². The average Bonchev–Trinajstić information content (AvgIpc) is 3.15. The second-order valence-electron chi connectivity index (χ2n) is 15.0. The molecule has 0 bridgehead atoms. The first-order valence-corrected chi connectivity index (χ1v) is 22.2. The molecule has 0 aliphatic rings. The zero-order chi connectivity index (χ0) is 39.6. The van der Waals surface area contributed by atoms with Crippen LogP contribution in [-0.2, 0) is 28.6 Å². The summed E-state index contributed by atoms with van der Waals surface area (Å²) in [4.78, 5) is 39.8. The van der Waals surface area contributed by atoms with Crippen molar-refractivity contribution < 1.29 is 28.6 Å². The molecule has 7 heteroatoms. The van der Waals surface area contributed by atoms with Crippen LogP contribution < -0.4 is 0 Å². The van der Waals surface area contributed by atoms with Gasteiger partial charge in [0.2, 0.25) is 0 Å². The normalized spacial score (nSPS) is 12.5. The maximum absolute atomic E-state index is 12.9. The topological polar surface area (TPSA) is 82.1 Å². The lowest BCUT2D eigenvalue weighted by Crippen LogP contribution is -2.30. The van der Waals surface area contributed by atoms with Gasteiger partial charge in [-0.05, 0) is 104 Å². The second-order valence-corrected chi connectivity index (χ2v) is 15.0. The highest BCUT2D eigenvalue weighted by Gasteiger charge is 2.25. The molecular weight excluding hydrogens is 675 g/mol. The molecule has 0 rings (SSSR count). The third-order valence-corrected chi connectivity index (χ3v) is 9.33. The smallest absolute Gasteiger partial charge is 0.347 e. The van der Waals surface area contributed by atoms with Crippen molar-refractivity contribution in [3.8, 4) is 0 Å². The second kappa shape index (κ2) is 41.5. The highest BCUT2D eigenvalue weighted by atomic mass is 16.6. The van der Waals surface area contributed by atoms with Gasteiger partial charge in [0.25, 0.3) is 0 Å². The number of carbonyl (C=O) groups excluding carboxylic acids is 3. The van der Waals surface area contributed by atoms with Crippen molar-refractivity contribution in [2.45, 2.75) is 200 Å². The largest absolute Gasteiger partial charge is 0.466 e. The Balaban J connectivity index is 4.17. The predicted octanol–water partition coefficient (Wildman–Crippen LogP) is 12.7. The van der Waals surface area contributed by atoms with Crippen molar-refractivity contribution in [3.63, 3.8) is 0 Å². The molecule has 0 aliphatic carbocycles. The van der Waals surface area contributed by atoms with Crippen LogP contribution in [0.15, 0.2) is 48.6 Å². The van der Waals surface area contributed by atoms with E-state index in [9.17, 15) is 14.4 Å². The van der Waals surface area contributed by atoms with Crippen molar-refractivity contribution in [2.24, 2.45) is 0 Å². The predicted molar refractivity (Wildman–Crippen MR) is 228 cm³/mol. The van der Waals surface area contributed by atoms with Gasteiger partial charge < -0.3 is 19.1 Å². The molecule has 0 amide bonds. The number of hydrogen-bond acceptors (Lipinski definition) is 7. The Labute approximate surface area is 332 Å². The van der Waals surface area contributed by atoms with E-state index in [1.54, 1.807) is 0 Å². The Hall–Kier alpha value is -2.67. The van der Waals surface area contributed by atoms with E-state index in [1.807, 2.05) is 19.0 Å². The average molecular weight is 758 g/mol. The zero-order valence-electron chi connectivity index (χ0n) is 35.5. The van der Waals surface area contributed by atoms with Gasteiger partial charge in [0.15, 0.2) is 6.10 Å². The molecule has 0 aliphatic heterocycles. The molecule has 0 N–H and O–H groups in total. The molecule has 0 aromatic rings. The molecule has 0 spiro atoms. The standard InChI is InChI=1S/C47H83NO6/c1-5-7-9-11-13-15-17-19-21-23-25-27-29-31-33-35-42-52-45(49)40-39-44(54-46(50)38-37-41-48(3)4)47(51)53-43-36-34-32-30-28-26-24-22-20-18-16-14-12-10-8-6-2/h13-16,19-22,44H,5-12,17-18,23-43H2,1-4H3/b15-13-,16-14-,21-19-,22-20-. The Kier molecular flexibility index (Phi) is 39.4. The monoisotopic (exact) mass is 758 g/mol. The Morgan fingerprint density at radius 1 is 0.481 bits per heavy atom. The summed E-state index contributed by atoms with van der Waals surface area (Å²) in [5.41, 5.74) is 0. The number of unbranched alkanes of at least 4 members (excludes halogenated alkanes) is 18. The fraction of sp³-hybridized carbons (Fsp3) is 0.766. The highest BCUT2D eigenvalue weighted by Crippen LogP contribution is 2.13. The number of esters is 3. The third-order valence-electron chi connectivity index (χ3n) is 9.33. The molecule has 0 aromatic heterocycles. The summed E-state index contributed by atoms with van der Waals surface area (Å²) >= 11 is 0. The van der Waals surface area contributed by atoms with E-state index in [4.69, 9.17) is 14.2 Å². The van der Waals surface area contributed by atoms with Crippen LogP contribution in [0.3, 0.4) is 0 Å². The van der Waals surface area contributed by atoms with E-state index in [0.717, 1.165) is 70.8 Å². The Morgan fingerprint density at radius 3 is 1.37 bits per heavy atom. The van der Waals surface area contributed by atoms with E-state index < -0.39 is 18.0 Å². The van der Waals surface area contributed by atoms with Crippen LogP contribution in [0.25, 0.3) is 0 Å². The summed E-state index contributed by atoms with van der Waals surface area (Å²) in [5.74, 6) is -1.39.